The van der Waals surface area contributed by atoms with Crippen LogP contribution in [0.5, 0.6) is 0 Å². The molecule has 0 atom stereocenters. The van der Waals surface area contributed by atoms with Crippen LogP contribution in [0.15, 0.2) is 48.6 Å². The van der Waals surface area contributed by atoms with Crippen molar-refractivity contribution < 1.29 is 14.3 Å². The molecule has 4 rings (SSSR count). The summed E-state index contributed by atoms with van der Waals surface area (Å²) in [4.78, 5) is 30.2. The molecule has 1 aromatic heterocycles. The van der Waals surface area contributed by atoms with E-state index in [1.54, 1.807) is 0 Å². The summed E-state index contributed by atoms with van der Waals surface area (Å²) in [7, 11) is 1.41. The van der Waals surface area contributed by atoms with E-state index in [-0.39, 0.29) is 23.8 Å². The Labute approximate surface area is 195 Å². The SMILES string of the molecule is C=C1CCC(N(C(=O)C2CCC(C)CC2)c2cc(-c3ccccc3)sc2C(=O)OC)CC1. The van der Waals surface area contributed by atoms with Crippen molar-refractivity contribution in [3.63, 3.8) is 0 Å². The van der Waals surface area contributed by atoms with E-state index in [1.165, 1.54) is 24.0 Å². The highest BCUT2D eigenvalue weighted by molar-refractivity contribution is 7.18. The number of ether oxygens (including phenoxy) is 1. The molecule has 4 nitrogen and oxygen atoms in total. The number of nitrogens with zero attached hydrogens (tertiary/aromatic N) is 1. The Bertz CT molecular complexity index is 962. The number of anilines is 1. The molecule has 2 saturated carbocycles. The van der Waals surface area contributed by atoms with Crippen LogP contribution in [0.25, 0.3) is 10.4 Å². The number of esters is 1. The van der Waals surface area contributed by atoms with Crippen LogP contribution in [-0.2, 0) is 9.53 Å². The van der Waals surface area contributed by atoms with Gasteiger partial charge in [0.2, 0.25) is 5.91 Å². The fourth-order valence-electron chi connectivity index (χ4n) is 5.01. The fourth-order valence-corrected chi connectivity index (χ4v) is 6.08. The molecule has 0 bridgehead atoms. The molecule has 0 saturated heterocycles. The number of carbonyl (C=O) groups is 2. The molecule has 0 spiro atoms. The van der Waals surface area contributed by atoms with Crippen LogP contribution in [-0.4, -0.2) is 25.0 Å². The van der Waals surface area contributed by atoms with Crippen molar-refractivity contribution in [1.82, 2.24) is 0 Å². The molecule has 1 aromatic carbocycles. The van der Waals surface area contributed by atoms with Crippen molar-refractivity contribution in [1.29, 1.82) is 0 Å². The topological polar surface area (TPSA) is 46.6 Å². The lowest BCUT2D eigenvalue weighted by Crippen LogP contribution is -2.46. The molecule has 0 aliphatic heterocycles. The number of rotatable bonds is 5. The molecule has 170 valence electrons. The van der Waals surface area contributed by atoms with Gasteiger partial charge >= 0.3 is 5.97 Å². The molecule has 1 amide bonds. The number of benzene rings is 1. The summed E-state index contributed by atoms with van der Waals surface area (Å²) in [6, 6.07) is 12.2. The first-order chi connectivity index (χ1) is 15.5. The van der Waals surface area contributed by atoms with Gasteiger partial charge in [-0.15, -0.1) is 11.3 Å². The number of hydrogen-bond donors (Lipinski definition) is 0. The Morgan fingerprint density at radius 3 is 2.31 bits per heavy atom. The first kappa shape index (κ1) is 22.8. The lowest BCUT2D eigenvalue weighted by atomic mass is 9.81. The Balaban J connectivity index is 1.75. The summed E-state index contributed by atoms with van der Waals surface area (Å²) in [5, 5.41) is 0. The second kappa shape index (κ2) is 10.0. The lowest BCUT2D eigenvalue weighted by molar-refractivity contribution is -0.124. The van der Waals surface area contributed by atoms with E-state index in [9.17, 15) is 9.59 Å². The highest BCUT2D eigenvalue weighted by Crippen LogP contribution is 2.42. The average molecular weight is 452 g/mol. The Hall–Kier alpha value is -2.40. The van der Waals surface area contributed by atoms with Crippen molar-refractivity contribution in [3.05, 3.63) is 53.4 Å². The van der Waals surface area contributed by atoms with Gasteiger partial charge in [0, 0.05) is 16.8 Å². The molecule has 0 N–H and O–H groups in total. The van der Waals surface area contributed by atoms with Gasteiger partial charge in [0.25, 0.3) is 0 Å². The maximum absolute atomic E-state index is 14.0. The molecule has 2 aliphatic carbocycles. The van der Waals surface area contributed by atoms with E-state index in [2.05, 4.69) is 13.5 Å². The zero-order chi connectivity index (χ0) is 22.7. The minimum Gasteiger partial charge on any atom is -0.465 e. The first-order valence-corrected chi connectivity index (χ1v) is 12.6. The van der Waals surface area contributed by atoms with Gasteiger partial charge in [-0.1, -0.05) is 49.4 Å². The molecule has 0 radical (unpaired) electrons. The van der Waals surface area contributed by atoms with Crippen molar-refractivity contribution in [2.75, 3.05) is 12.0 Å². The number of carbonyl (C=O) groups excluding carboxylic acids is 2. The van der Waals surface area contributed by atoms with E-state index >= 15 is 0 Å². The summed E-state index contributed by atoms with van der Waals surface area (Å²) in [6.07, 6.45) is 7.69. The zero-order valence-corrected chi connectivity index (χ0v) is 20.0. The van der Waals surface area contributed by atoms with Gasteiger partial charge in [-0.3, -0.25) is 4.79 Å². The quantitative estimate of drug-likeness (QED) is 0.368. The molecular formula is C27H33NO3S. The van der Waals surface area contributed by atoms with Crippen LogP contribution in [0, 0.1) is 11.8 Å². The largest absolute Gasteiger partial charge is 0.465 e. The van der Waals surface area contributed by atoms with Gasteiger partial charge < -0.3 is 9.64 Å². The molecule has 2 fully saturated rings. The van der Waals surface area contributed by atoms with Crippen molar-refractivity contribution in [3.8, 4) is 10.4 Å². The second-order valence-electron chi connectivity index (χ2n) is 9.33. The van der Waals surface area contributed by atoms with Crippen LogP contribution in [0.2, 0.25) is 0 Å². The summed E-state index contributed by atoms with van der Waals surface area (Å²) in [6.45, 7) is 6.42. The van der Waals surface area contributed by atoms with E-state index in [1.807, 2.05) is 41.3 Å². The van der Waals surface area contributed by atoms with Gasteiger partial charge in [-0.05, 0) is 68.9 Å². The summed E-state index contributed by atoms with van der Waals surface area (Å²) < 4.78 is 5.14. The van der Waals surface area contributed by atoms with Gasteiger partial charge in [0.05, 0.1) is 12.8 Å². The number of methoxy groups -OCH3 is 1. The monoisotopic (exact) mass is 451 g/mol. The number of thiophene rings is 1. The number of hydrogen-bond acceptors (Lipinski definition) is 4. The Morgan fingerprint density at radius 2 is 1.69 bits per heavy atom. The molecule has 0 unspecified atom stereocenters. The molecule has 2 aromatic rings. The number of amides is 1. The minimum atomic E-state index is -0.373. The average Bonchev–Trinajstić information content (AvgIpc) is 3.26. The Kier molecular flexibility index (Phi) is 7.14. The predicted molar refractivity (Wildman–Crippen MR) is 131 cm³/mol. The third kappa shape index (κ3) is 4.83. The lowest BCUT2D eigenvalue weighted by Gasteiger charge is -2.38. The normalized spacial score (nSPS) is 21.9. The van der Waals surface area contributed by atoms with Crippen molar-refractivity contribution >= 4 is 28.9 Å². The van der Waals surface area contributed by atoms with Gasteiger partial charge in [0.1, 0.15) is 4.88 Å². The summed E-state index contributed by atoms with van der Waals surface area (Å²) in [5.74, 6) is 0.517. The standard InChI is InChI=1S/C27H33NO3S/c1-18-9-13-21(14-10-18)26(29)28(22-15-11-19(2)12-16-22)23-17-24(20-7-5-4-6-8-20)32-25(23)27(30)31-3/h4-8,17-18,21-22H,2,9-16H2,1,3H3. The van der Waals surface area contributed by atoms with Crippen molar-refractivity contribution in [2.45, 2.75) is 64.3 Å². The second-order valence-corrected chi connectivity index (χ2v) is 10.4. The zero-order valence-electron chi connectivity index (χ0n) is 19.1. The third-order valence-electron chi connectivity index (χ3n) is 7.03. The molecule has 1 heterocycles. The van der Waals surface area contributed by atoms with E-state index in [4.69, 9.17) is 4.74 Å². The van der Waals surface area contributed by atoms with Crippen LogP contribution < -0.4 is 4.90 Å². The summed E-state index contributed by atoms with van der Waals surface area (Å²) >= 11 is 1.42. The summed E-state index contributed by atoms with van der Waals surface area (Å²) in [5.41, 5.74) is 3.02. The van der Waals surface area contributed by atoms with Crippen LogP contribution in [0.4, 0.5) is 5.69 Å². The van der Waals surface area contributed by atoms with E-state index < -0.39 is 0 Å². The number of allylic oxidation sites excluding steroid dienone is 1. The predicted octanol–water partition coefficient (Wildman–Crippen LogP) is 6.86. The van der Waals surface area contributed by atoms with E-state index in [0.29, 0.717) is 10.8 Å². The smallest absolute Gasteiger partial charge is 0.350 e. The van der Waals surface area contributed by atoms with E-state index in [0.717, 1.165) is 67.5 Å². The highest BCUT2D eigenvalue weighted by atomic mass is 32.1. The first-order valence-electron chi connectivity index (χ1n) is 11.7. The molecule has 5 heteroatoms. The van der Waals surface area contributed by atoms with Crippen LogP contribution in [0.3, 0.4) is 0 Å². The van der Waals surface area contributed by atoms with Crippen molar-refractivity contribution in [2.24, 2.45) is 11.8 Å². The highest BCUT2D eigenvalue weighted by Gasteiger charge is 2.37. The third-order valence-corrected chi connectivity index (χ3v) is 8.18. The Morgan fingerprint density at radius 1 is 1.03 bits per heavy atom. The van der Waals surface area contributed by atoms with Gasteiger partial charge in [-0.2, -0.15) is 0 Å². The molecule has 32 heavy (non-hydrogen) atoms. The maximum Gasteiger partial charge on any atom is 0.350 e. The molecule has 2 aliphatic rings. The molecular weight excluding hydrogens is 418 g/mol. The van der Waals surface area contributed by atoms with Gasteiger partial charge in [-0.25, -0.2) is 4.79 Å². The minimum absolute atomic E-state index is 0.0295. The maximum atomic E-state index is 14.0. The van der Waals surface area contributed by atoms with Gasteiger partial charge in [0.15, 0.2) is 0 Å². The van der Waals surface area contributed by atoms with Crippen LogP contribution >= 0.6 is 11.3 Å². The fraction of sp³-hybridized carbons (Fsp3) is 0.481. The van der Waals surface area contributed by atoms with Crippen LogP contribution in [0.1, 0.15) is 68.0 Å².